The van der Waals surface area contributed by atoms with Gasteiger partial charge >= 0.3 is 12.0 Å². The van der Waals surface area contributed by atoms with Gasteiger partial charge in [-0.1, -0.05) is 0 Å². The van der Waals surface area contributed by atoms with E-state index in [1.54, 1.807) is 18.4 Å². The van der Waals surface area contributed by atoms with Gasteiger partial charge in [0.1, 0.15) is 6.10 Å². The second-order valence-corrected chi connectivity index (χ2v) is 5.14. The third-order valence-corrected chi connectivity index (χ3v) is 3.98. The first-order chi connectivity index (χ1) is 8.61. The molecule has 1 aromatic rings. The number of fused-ring (bicyclic) bond motifs is 1. The van der Waals surface area contributed by atoms with Crippen molar-refractivity contribution in [3.05, 3.63) is 21.9 Å². The summed E-state index contributed by atoms with van der Waals surface area (Å²) in [6.45, 7) is 1.42. The molecule has 0 spiro atoms. The van der Waals surface area contributed by atoms with Crippen molar-refractivity contribution in [1.29, 1.82) is 0 Å². The molecule has 2 amide bonds. The Bertz CT molecular complexity index is 458. The maximum Gasteiger partial charge on any atom is 0.315 e. The van der Waals surface area contributed by atoms with E-state index in [1.165, 1.54) is 6.92 Å². The lowest BCUT2D eigenvalue weighted by molar-refractivity contribution is -0.147. The molecule has 0 unspecified atom stereocenters. The van der Waals surface area contributed by atoms with Crippen LogP contribution in [0.15, 0.2) is 11.4 Å². The number of nitrogens with one attached hydrogen (secondary N) is 2. The van der Waals surface area contributed by atoms with Gasteiger partial charge in [0.2, 0.25) is 0 Å². The lowest BCUT2D eigenvalue weighted by atomic mass is 9.92. The summed E-state index contributed by atoms with van der Waals surface area (Å²) in [6, 6.07) is 1.79. The first kappa shape index (κ1) is 12.9. The van der Waals surface area contributed by atoms with Crippen LogP contribution in [0.1, 0.15) is 42.4 Å². The largest absolute Gasteiger partial charge is 0.457 e. The third kappa shape index (κ3) is 2.64. The van der Waals surface area contributed by atoms with Gasteiger partial charge in [-0.3, -0.25) is 4.79 Å². The zero-order valence-corrected chi connectivity index (χ0v) is 11.2. The molecule has 2 atom stereocenters. The van der Waals surface area contributed by atoms with E-state index >= 15 is 0 Å². The Labute approximate surface area is 110 Å². The van der Waals surface area contributed by atoms with Crippen LogP contribution in [-0.4, -0.2) is 19.0 Å². The molecule has 0 radical (unpaired) electrons. The van der Waals surface area contributed by atoms with Gasteiger partial charge in [0.05, 0.1) is 10.9 Å². The van der Waals surface area contributed by atoms with E-state index in [4.69, 9.17) is 4.74 Å². The molecule has 2 N–H and O–H groups in total. The normalized spacial score (nSPS) is 21.9. The summed E-state index contributed by atoms with van der Waals surface area (Å²) in [4.78, 5) is 23.5. The van der Waals surface area contributed by atoms with E-state index in [0.717, 1.165) is 23.3 Å². The standard InChI is InChI=1S/C12H16N2O3S/c1-7(15)17-10-4-3-9(14-12(16)13-2)8-5-6-18-11(8)10/h5-6,9-10H,3-4H2,1-2H3,(H2,13,14,16)/t9-,10-/m1/s1. The lowest BCUT2D eigenvalue weighted by Crippen LogP contribution is -2.37. The van der Waals surface area contributed by atoms with Crippen molar-refractivity contribution in [1.82, 2.24) is 10.6 Å². The fourth-order valence-electron chi connectivity index (χ4n) is 2.18. The molecule has 5 nitrogen and oxygen atoms in total. The molecule has 2 rings (SSSR count). The van der Waals surface area contributed by atoms with Crippen molar-refractivity contribution in [2.75, 3.05) is 7.05 Å². The van der Waals surface area contributed by atoms with Gasteiger partial charge in [-0.25, -0.2) is 4.79 Å². The SMILES string of the molecule is CNC(=O)N[C@@H]1CC[C@@H](OC(C)=O)c2sccc21. The minimum absolute atomic E-state index is 0.00184. The molecule has 0 saturated heterocycles. The average Bonchev–Trinajstić information content (AvgIpc) is 2.81. The number of ether oxygens (including phenoxy) is 1. The van der Waals surface area contributed by atoms with E-state index in [-0.39, 0.29) is 24.1 Å². The fourth-order valence-corrected chi connectivity index (χ4v) is 3.20. The van der Waals surface area contributed by atoms with Crippen LogP contribution in [0.5, 0.6) is 0 Å². The predicted octanol–water partition coefficient (Wildman–Crippen LogP) is 2.12. The van der Waals surface area contributed by atoms with Crippen LogP contribution in [0.4, 0.5) is 4.79 Å². The van der Waals surface area contributed by atoms with Crippen LogP contribution >= 0.6 is 11.3 Å². The molecule has 0 fully saturated rings. The summed E-state index contributed by atoms with van der Waals surface area (Å²) >= 11 is 1.56. The number of hydrogen-bond donors (Lipinski definition) is 2. The smallest absolute Gasteiger partial charge is 0.315 e. The van der Waals surface area contributed by atoms with Gasteiger partial charge in [-0.15, -0.1) is 11.3 Å². The van der Waals surface area contributed by atoms with Gasteiger partial charge < -0.3 is 15.4 Å². The zero-order chi connectivity index (χ0) is 13.1. The summed E-state index contributed by atoms with van der Waals surface area (Å²) in [5.74, 6) is -0.267. The van der Waals surface area contributed by atoms with E-state index in [1.807, 2.05) is 11.4 Å². The van der Waals surface area contributed by atoms with Crippen molar-refractivity contribution >= 4 is 23.3 Å². The molecule has 6 heteroatoms. The van der Waals surface area contributed by atoms with E-state index in [9.17, 15) is 9.59 Å². The molecule has 98 valence electrons. The highest BCUT2D eigenvalue weighted by atomic mass is 32.1. The van der Waals surface area contributed by atoms with Gasteiger partial charge in [-0.05, 0) is 29.9 Å². The Morgan fingerprint density at radius 3 is 2.89 bits per heavy atom. The summed E-state index contributed by atoms with van der Waals surface area (Å²) in [5, 5.41) is 7.41. The quantitative estimate of drug-likeness (QED) is 0.807. The number of hydrogen-bond acceptors (Lipinski definition) is 4. The summed E-state index contributed by atoms with van der Waals surface area (Å²) in [5.41, 5.74) is 1.06. The minimum atomic E-state index is -0.267. The number of rotatable bonds is 2. The summed E-state index contributed by atoms with van der Waals surface area (Å²) < 4.78 is 5.30. The maximum atomic E-state index is 11.4. The Kier molecular flexibility index (Phi) is 3.86. The summed E-state index contributed by atoms with van der Waals surface area (Å²) in [7, 11) is 1.59. The van der Waals surface area contributed by atoms with Crippen LogP contribution in [0.3, 0.4) is 0 Å². The molecule has 0 aromatic carbocycles. The van der Waals surface area contributed by atoms with Crippen molar-refractivity contribution in [3.8, 4) is 0 Å². The molecule has 1 aromatic heterocycles. The maximum absolute atomic E-state index is 11.4. The Morgan fingerprint density at radius 2 is 2.22 bits per heavy atom. The first-order valence-electron chi connectivity index (χ1n) is 5.84. The van der Waals surface area contributed by atoms with Crippen LogP contribution in [-0.2, 0) is 9.53 Å². The molecular weight excluding hydrogens is 252 g/mol. The number of esters is 1. The monoisotopic (exact) mass is 268 g/mol. The average molecular weight is 268 g/mol. The molecule has 1 aliphatic rings. The highest BCUT2D eigenvalue weighted by molar-refractivity contribution is 7.10. The van der Waals surface area contributed by atoms with Crippen LogP contribution in [0, 0.1) is 0 Å². The van der Waals surface area contributed by atoms with Crippen molar-refractivity contribution < 1.29 is 14.3 Å². The third-order valence-electron chi connectivity index (χ3n) is 2.95. The lowest BCUT2D eigenvalue weighted by Gasteiger charge is -2.28. The molecule has 1 aliphatic carbocycles. The number of carbonyl (C=O) groups is 2. The van der Waals surface area contributed by atoms with Crippen molar-refractivity contribution in [2.45, 2.75) is 31.9 Å². The Morgan fingerprint density at radius 1 is 1.44 bits per heavy atom. The topological polar surface area (TPSA) is 67.4 Å². The highest BCUT2D eigenvalue weighted by Crippen LogP contribution is 2.41. The van der Waals surface area contributed by atoms with Crippen LogP contribution in [0.2, 0.25) is 0 Å². The number of urea groups is 1. The molecule has 18 heavy (non-hydrogen) atoms. The highest BCUT2D eigenvalue weighted by Gasteiger charge is 2.30. The molecule has 1 heterocycles. The van der Waals surface area contributed by atoms with Gasteiger partial charge in [0, 0.05) is 14.0 Å². The van der Waals surface area contributed by atoms with Gasteiger partial charge in [-0.2, -0.15) is 0 Å². The number of thiophene rings is 1. The summed E-state index contributed by atoms with van der Waals surface area (Å²) in [6.07, 6.45) is 1.34. The minimum Gasteiger partial charge on any atom is -0.457 e. The second kappa shape index (κ2) is 5.39. The Balaban J connectivity index is 2.15. The molecule has 0 saturated carbocycles. The predicted molar refractivity (Wildman–Crippen MR) is 68.4 cm³/mol. The molecule has 0 aliphatic heterocycles. The van der Waals surface area contributed by atoms with Gasteiger partial charge in [0.15, 0.2) is 0 Å². The zero-order valence-electron chi connectivity index (χ0n) is 10.4. The van der Waals surface area contributed by atoms with E-state index in [2.05, 4.69) is 10.6 Å². The van der Waals surface area contributed by atoms with Crippen LogP contribution < -0.4 is 10.6 Å². The first-order valence-corrected chi connectivity index (χ1v) is 6.72. The van der Waals surface area contributed by atoms with Gasteiger partial charge in [0.25, 0.3) is 0 Å². The van der Waals surface area contributed by atoms with E-state index < -0.39 is 0 Å². The number of carbonyl (C=O) groups excluding carboxylic acids is 2. The fraction of sp³-hybridized carbons (Fsp3) is 0.500. The molecule has 0 bridgehead atoms. The van der Waals surface area contributed by atoms with Crippen LogP contribution in [0.25, 0.3) is 0 Å². The second-order valence-electron chi connectivity index (χ2n) is 4.19. The van der Waals surface area contributed by atoms with E-state index in [0.29, 0.717) is 0 Å². The molecular formula is C12H16N2O3S. The Hall–Kier alpha value is -1.56. The van der Waals surface area contributed by atoms with Crippen molar-refractivity contribution in [2.24, 2.45) is 0 Å². The van der Waals surface area contributed by atoms with Crippen molar-refractivity contribution in [3.63, 3.8) is 0 Å². The number of amides is 2.